The lowest BCUT2D eigenvalue weighted by molar-refractivity contribution is -0.137. The van der Waals surface area contributed by atoms with Gasteiger partial charge >= 0.3 is 5.97 Å². The van der Waals surface area contributed by atoms with Gasteiger partial charge in [-0.25, -0.2) is 4.79 Å². The first-order valence-electron chi connectivity index (χ1n) is 10.5. The van der Waals surface area contributed by atoms with Gasteiger partial charge in [-0.3, -0.25) is 0 Å². The number of aliphatic carboxylic acids is 1. The highest BCUT2D eigenvalue weighted by Gasteiger charge is 2.27. The van der Waals surface area contributed by atoms with Gasteiger partial charge in [0.2, 0.25) is 5.76 Å². The third-order valence-electron chi connectivity index (χ3n) is 4.16. The van der Waals surface area contributed by atoms with Crippen LogP contribution in [0.4, 0.5) is 0 Å². The van der Waals surface area contributed by atoms with E-state index >= 15 is 0 Å². The molecule has 200 valence electrons. The molecular weight excluding hydrogens is 476 g/mol. The molecule has 0 aromatic heterocycles. The standard InChI is InChI=1S/C21H32O14/c22-4-12(26)8-32-17-3-1-2-16(18(17)33-9-13(27)5-23)19(34-10-14(28)6-24)20(21(30)31)35-11-15(29)7-25/h1-3,12-15,22-29H,4-11H2,(H,30,31). The number of ether oxygens (including phenoxy) is 4. The van der Waals surface area contributed by atoms with E-state index in [1.165, 1.54) is 18.2 Å². The van der Waals surface area contributed by atoms with Gasteiger partial charge in [-0.05, 0) is 12.1 Å². The number of benzene rings is 1. The zero-order chi connectivity index (χ0) is 26.4. The second-order valence-electron chi connectivity index (χ2n) is 7.19. The summed E-state index contributed by atoms with van der Waals surface area (Å²) in [6.45, 7) is -4.83. The molecule has 0 radical (unpaired) electrons. The molecular formula is C21H32O14. The van der Waals surface area contributed by atoms with Crippen molar-refractivity contribution in [3.8, 4) is 11.5 Å². The molecule has 4 atom stereocenters. The van der Waals surface area contributed by atoms with Crippen molar-refractivity contribution in [2.45, 2.75) is 24.4 Å². The molecule has 0 aliphatic carbocycles. The Kier molecular flexibility index (Phi) is 13.9. The van der Waals surface area contributed by atoms with Gasteiger partial charge in [0.15, 0.2) is 17.3 Å². The van der Waals surface area contributed by atoms with Crippen molar-refractivity contribution in [2.75, 3.05) is 52.9 Å². The van der Waals surface area contributed by atoms with Gasteiger partial charge in [0.05, 0.1) is 32.0 Å². The highest BCUT2D eigenvalue weighted by Crippen LogP contribution is 2.38. The van der Waals surface area contributed by atoms with Crippen LogP contribution >= 0.6 is 0 Å². The molecule has 0 aliphatic rings. The smallest absolute Gasteiger partial charge is 0.375 e. The zero-order valence-electron chi connectivity index (χ0n) is 18.8. The molecule has 1 aromatic rings. The molecule has 14 nitrogen and oxygen atoms in total. The van der Waals surface area contributed by atoms with Gasteiger partial charge in [-0.2, -0.15) is 0 Å². The molecule has 0 heterocycles. The summed E-state index contributed by atoms with van der Waals surface area (Å²) in [5.41, 5.74) is -0.132. The summed E-state index contributed by atoms with van der Waals surface area (Å²) in [4.78, 5) is 12.0. The molecule has 0 spiro atoms. The summed E-state index contributed by atoms with van der Waals surface area (Å²) < 4.78 is 21.5. The SMILES string of the molecule is O=C(O)C(OCC(O)CO)=C(OCC(O)CO)c1cccc(OCC(O)CO)c1OCC(O)CO. The minimum atomic E-state index is -1.66. The van der Waals surface area contributed by atoms with Crippen LogP contribution in [0.3, 0.4) is 0 Å². The lowest BCUT2D eigenvalue weighted by Crippen LogP contribution is -2.25. The van der Waals surface area contributed by atoms with Crippen LogP contribution in [0.1, 0.15) is 5.56 Å². The summed E-state index contributed by atoms with van der Waals surface area (Å²) >= 11 is 0. The van der Waals surface area contributed by atoms with Crippen LogP contribution in [0.2, 0.25) is 0 Å². The van der Waals surface area contributed by atoms with Crippen molar-refractivity contribution >= 4 is 11.7 Å². The van der Waals surface area contributed by atoms with Gasteiger partial charge in [-0.1, -0.05) is 6.07 Å². The zero-order valence-corrected chi connectivity index (χ0v) is 18.8. The van der Waals surface area contributed by atoms with Crippen molar-refractivity contribution < 1.29 is 69.7 Å². The fourth-order valence-electron chi connectivity index (χ4n) is 2.38. The summed E-state index contributed by atoms with van der Waals surface area (Å²) in [7, 11) is 0. The molecule has 9 N–H and O–H groups in total. The Labute approximate surface area is 200 Å². The van der Waals surface area contributed by atoms with Crippen molar-refractivity contribution in [1.29, 1.82) is 0 Å². The number of aliphatic hydroxyl groups excluding tert-OH is 8. The van der Waals surface area contributed by atoms with E-state index in [0.717, 1.165) is 0 Å². The topological polar surface area (TPSA) is 236 Å². The lowest BCUT2D eigenvalue weighted by Gasteiger charge is -2.22. The van der Waals surface area contributed by atoms with E-state index < -0.39 is 94.8 Å². The van der Waals surface area contributed by atoms with Crippen molar-refractivity contribution in [1.82, 2.24) is 0 Å². The highest BCUT2D eigenvalue weighted by molar-refractivity contribution is 5.93. The molecule has 35 heavy (non-hydrogen) atoms. The minimum Gasteiger partial charge on any atom is -0.487 e. The maximum Gasteiger partial charge on any atom is 0.375 e. The van der Waals surface area contributed by atoms with Crippen LogP contribution in [-0.2, 0) is 14.3 Å². The maximum atomic E-state index is 12.0. The summed E-state index contributed by atoms with van der Waals surface area (Å²) in [5, 5.41) is 84.5. The number of para-hydroxylation sites is 1. The van der Waals surface area contributed by atoms with Crippen LogP contribution in [0.25, 0.3) is 5.76 Å². The van der Waals surface area contributed by atoms with Gasteiger partial charge in [-0.15, -0.1) is 0 Å². The molecule has 0 fully saturated rings. The summed E-state index contributed by atoms with van der Waals surface area (Å²) in [6.07, 6.45) is -5.45. The van der Waals surface area contributed by atoms with E-state index in [1.807, 2.05) is 0 Å². The van der Waals surface area contributed by atoms with Gasteiger partial charge in [0.25, 0.3) is 0 Å². The Morgan fingerprint density at radius 2 is 1.20 bits per heavy atom. The first kappa shape index (κ1) is 30.3. The van der Waals surface area contributed by atoms with Crippen LogP contribution in [0, 0.1) is 0 Å². The van der Waals surface area contributed by atoms with Crippen molar-refractivity contribution in [3.05, 3.63) is 29.5 Å². The number of hydrogen-bond donors (Lipinski definition) is 9. The molecule has 0 saturated heterocycles. The Morgan fingerprint density at radius 1 is 0.714 bits per heavy atom. The Hall–Kier alpha value is -2.69. The molecule has 0 saturated carbocycles. The third kappa shape index (κ3) is 10.2. The Balaban J connectivity index is 3.62. The molecule has 0 aliphatic heterocycles. The predicted molar refractivity (Wildman–Crippen MR) is 116 cm³/mol. The van der Waals surface area contributed by atoms with Crippen molar-refractivity contribution in [3.63, 3.8) is 0 Å². The van der Waals surface area contributed by atoms with Gasteiger partial charge in [0, 0.05) is 0 Å². The van der Waals surface area contributed by atoms with Crippen LogP contribution in [0.15, 0.2) is 24.0 Å². The monoisotopic (exact) mass is 508 g/mol. The quantitative estimate of drug-likeness (QED) is 0.0696. The van der Waals surface area contributed by atoms with E-state index in [9.17, 15) is 30.3 Å². The maximum absolute atomic E-state index is 12.0. The molecule has 0 bridgehead atoms. The van der Waals surface area contributed by atoms with E-state index in [2.05, 4.69) is 0 Å². The van der Waals surface area contributed by atoms with E-state index in [1.54, 1.807) is 0 Å². The predicted octanol–water partition coefficient (Wildman–Crippen LogP) is -3.36. The largest absolute Gasteiger partial charge is 0.487 e. The highest BCUT2D eigenvalue weighted by atomic mass is 16.6. The number of rotatable bonds is 18. The number of carboxylic acid groups (broad SMARTS) is 1. The van der Waals surface area contributed by atoms with Gasteiger partial charge < -0.3 is 64.9 Å². The average Bonchev–Trinajstić information content (AvgIpc) is 2.86. The number of carbonyl (C=O) groups is 1. The molecule has 1 aromatic carbocycles. The molecule has 0 amide bonds. The second kappa shape index (κ2) is 16.1. The van der Waals surface area contributed by atoms with Crippen LogP contribution in [0.5, 0.6) is 11.5 Å². The summed E-state index contributed by atoms with van der Waals surface area (Å²) in [5.74, 6) is -3.35. The normalized spacial score (nSPS) is 15.4. The number of hydrogen-bond acceptors (Lipinski definition) is 13. The van der Waals surface area contributed by atoms with E-state index in [0.29, 0.717) is 0 Å². The molecule has 1 rings (SSSR count). The Morgan fingerprint density at radius 3 is 1.71 bits per heavy atom. The fraction of sp³-hybridized carbons (Fsp3) is 0.571. The summed E-state index contributed by atoms with van der Waals surface area (Å²) in [6, 6.07) is 4.07. The third-order valence-corrected chi connectivity index (χ3v) is 4.16. The number of aliphatic hydroxyl groups is 8. The average molecular weight is 508 g/mol. The van der Waals surface area contributed by atoms with E-state index in [-0.39, 0.29) is 17.1 Å². The second-order valence-corrected chi connectivity index (χ2v) is 7.19. The van der Waals surface area contributed by atoms with E-state index in [4.69, 9.17) is 39.4 Å². The number of carboxylic acids is 1. The first-order valence-corrected chi connectivity index (χ1v) is 10.5. The lowest BCUT2D eigenvalue weighted by atomic mass is 10.1. The first-order chi connectivity index (χ1) is 16.7. The molecule has 14 heteroatoms. The van der Waals surface area contributed by atoms with Gasteiger partial charge in [0.1, 0.15) is 50.8 Å². The Bertz CT molecular complexity index is 798. The van der Waals surface area contributed by atoms with Crippen molar-refractivity contribution in [2.24, 2.45) is 0 Å². The van der Waals surface area contributed by atoms with Crippen LogP contribution in [-0.4, -0.2) is 129 Å². The minimum absolute atomic E-state index is 0.0796. The molecule has 4 unspecified atom stereocenters. The van der Waals surface area contributed by atoms with Crippen LogP contribution < -0.4 is 9.47 Å². The fourth-order valence-corrected chi connectivity index (χ4v) is 2.38.